The molecule has 0 N–H and O–H groups in total. The molecule has 1 aliphatic rings. The van der Waals surface area contributed by atoms with E-state index >= 15 is 0 Å². The van der Waals surface area contributed by atoms with Crippen LogP contribution in [0.1, 0.15) is 46.8 Å². The first-order valence-electron chi connectivity index (χ1n) is 8.44. The summed E-state index contributed by atoms with van der Waals surface area (Å²) in [5.41, 5.74) is 2.16. The molecule has 1 aliphatic carbocycles. The van der Waals surface area contributed by atoms with Gasteiger partial charge in [0.05, 0.1) is 6.42 Å². The van der Waals surface area contributed by atoms with Gasteiger partial charge in [-0.2, -0.15) is 0 Å². The molecule has 0 spiro atoms. The zero-order valence-corrected chi connectivity index (χ0v) is 14.7. The molecular weight excluding hydrogens is 320 g/mol. The summed E-state index contributed by atoms with van der Waals surface area (Å²) in [5.74, 6) is 1.03. The number of hydrogen-bond donors (Lipinski definition) is 0. The number of aryl methyl sites for hydroxylation is 2. The van der Waals surface area contributed by atoms with Gasteiger partial charge in [-0.3, -0.25) is 14.2 Å². The van der Waals surface area contributed by atoms with Crippen molar-refractivity contribution in [3.63, 3.8) is 0 Å². The van der Waals surface area contributed by atoms with Gasteiger partial charge in [0, 0.05) is 23.0 Å². The van der Waals surface area contributed by atoms with Gasteiger partial charge < -0.3 is 9.26 Å². The molecule has 0 aromatic carbocycles. The van der Waals surface area contributed by atoms with Gasteiger partial charge in [-0.15, -0.1) is 0 Å². The van der Waals surface area contributed by atoms with Crippen LogP contribution in [0.25, 0.3) is 5.82 Å². The molecule has 1 atom stereocenters. The second-order valence-corrected chi connectivity index (χ2v) is 6.47. The van der Waals surface area contributed by atoms with Gasteiger partial charge >= 0.3 is 5.97 Å². The predicted molar refractivity (Wildman–Crippen MR) is 91.8 cm³/mol. The molecule has 2 aromatic heterocycles. The number of aromatic nitrogens is 2. The number of Topliss-reactive ketones (excluding diaryl/α,β-unsaturated/α-hetero) is 1. The first-order valence-corrected chi connectivity index (χ1v) is 8.44. The van der Waals surface area contributed by atoms with E-state index in [9.17, 15) is 9.59 Å². The summed E-state index contributed by atoms with van der Waals surface area (Å²) in [6, 6.07) is 3.60. The zero-order chi connectivity index (χ0) is 18.0. The van der Waals surface area contributed by atoms with E-state index in [0.29, 0.717) is 23.6 Å². The topological polar surface area (TPSA) is 74.3 Å². The van der Waals surface area contributed by atoms with E-state index in [0.717, 1.165) is 24.2 Å². The van der Waals surface area contributed by atoms with E-state index in [1.807, 2.05) is 37.5 Å². The fourth-order valence-electron chi connectivity index (χ4n) is 3.22. The van der Waals surface area contributed by atoms with Crippen molar-refractivity contribution in [3.05, 3.63) is 47.0 Å². The van der Waals surface area contributed by atoms with Crippen molar-refractivity contribution in [1.82, 2.24) is 9.72 Å². The summed E-state index contributed by atoms with van der Waals surface area (Å²) in [4.78, 5) is 24.3. The molecule has 6 nitrogen and oxygen atoms in total. The smallest absolute Gasteiger partial charge is 0.306 e. The highest BCUT2D eigenvalue weighted by Gasteiger charge is 2.20. The highest BCUT2D eigenvalue weighted by atomic mass is 16.5. The zero-order valence-electron chi connectivity index (χ0n) is 14.7. The van der Waals surface area contributed by atoms with Crippen molar-refractivity contribution in [2.45, 2.75) is 40.0 Å². The van der Waals surface area contributed by atoms with E-state index in [2.05, 4.69) is 11.2 Å². The van der Waals surface area contributed by atoms with Gasteiger partial charge in [-0.05, 0) is 45.6 Å². The number of rotatable bonds is 6. The van der Waals surface area contributed by atoms with Crippen LogP contribution in [-0.4, -0.2) is 28.1 Å². The summed E-state index contributed by atoms with van der Waals surface area (Å²) in [5, 5.41) is 4.00. The maximum Gasteiger partial charge on any atom is 0.306 e. The molecule has 2 aromatic rings. The van der Waals surface area contributed by atoms with E-state index < -0.39 is 0 Å². The Bertz CT molecular complexity index is 829. The molecule has 6 heteroatoms. The molecule has 0 fully saturated rings. The Balaban J connectivity index is 1.66. The molecule has 25 heavy (non-hydrogen) atoms. The van der Waals surface area contributed by atoms with Crippen LogP contribution >= 0.6 is 0 Å². The van der Waals surface area contributed by atoms with E-state index in [1.54, 1.807) is 6.07 Å². The Hall–Kier alpha value is -2.63. The molecule has 0 unspecified atom stereocenters. The average Bonchev–Trinajstić information content (AvgIpc) is 3.27. The van der Waals surface area contributed by atoms with Crippen molar-refractivity contribution in [2.24, 2.45) is 5.92 Å². The van der Waals surface area contributed by atoms with Crippen molar-refractivity contribution in [2.75, 3.05) is 6.61 Å². The quantitative estimate of drug-likeness (QED) is 0.456. The van der Waals surface area contributed by atoms with Gasteiger partial charge in [-0.25, -0.2) is 0 Å². The number of hydrogen-bond acceptors (Lipinski definition) is 5. The predicted octanol–water partition coefficient (Wildman–Crippen LogP) is 3.47. The molecule has 0 saturated carbocycles. The number of carbonyl (C=O) groups excluding carboxylic acids is 2. The minimum atomic E-state index is -0.328. The summed E-state index contributed by atoms with van der Waals surface area (Å²) in [6.45, 7) is 5.31. The van der Waals surface area contributed by atoms with Crippen LogP contribution in [0.2, 0.25) is 0 Å². The number of ether oxygens (including phenoxy) is 1. The van der Waals surface area contributed by atoms with E-state index in [-0.39, 0.29) is 24.3 Å². The van der Waals surface area contributed by atoms with E-state index in [1.165, 1.54) is 0 Å². The third-order valence-electron chi connectivity index (χ3n) is 4.48. The maximum absolute atomic E-state index is 12.5. The Morgan fingerprint density at radius 1 is 1.32 bits per heavy atom. The second kappa shape index (κ2) is 7.09. The number of ketones is 1. The van der Waals surface area contributed by atoms with E-state index in [4.69, 9.17) is 9.26 Å². The molecule has 0 amide bonds. The highest BCUT2D eigenvalue weighted by molar-refractivity contribution is 5.99. The van der Waals surface area contributed by atoms with Crippen LogP contribution in [0, 0.1) is 26.7 Å². The number of carbonyl (C=O) groups is 2. The number of allylic oxidation sites excluding steroid dienone is 2. The lowest BCUT2D eigenvalue weighted by atomic mass is 10.1. The van der Waals surface area contributed by atoms with Crippen molar-refractivity contribution in [3.8, 4) is 5.82 Å². The minimum absolute atomic E-state index is 0.213. The third kappa shape index (κ3) is 3.73. The van der Waals surface area contributed by atoms with Crippen LogP contribution in [0.5, 0.6) is 0 Å². The molecular formula is C19H22N2O4. The normalized spacial score (nSPS) is 16.4. The van der Waals surface area contributed by atoms with Gasteiger partial charge in [0.25, 0.3) is 0 Å². The standard InChI is InChI=1S/C19H22N2O4/c1-12-8-16(14(3)21(12)18-9-13(2)25-20-18)17(22)11-24-19(23)10-15-6-4-5-7-15/h4,6,8-9,15H,5,7,10-11H2,1-3H3/t15-/m1/s1. The van der Waals surface area contributed by atoms with Gasteiger partial charge in [0.15, 0.2) is 12.4 Å². The Labute approximate surface area is 146 Å². The minimum Gasteiger partial charge on any atom is -0.457 e. The van der Waals surface area contributed by atoms with Crippen LogP contribution < -0.4 is 0 Å². The maximum atomic E-state index is 12.5. The van der Waals surface area contributed by atoms with Gasteiger partial charge in [0.1, 0.15) is 5.76 Å². The highest BCUT2D eigenvalue weighted by Crippen LogP contribution is 2.22. The first-order chi connectivity index (χ1) is 12.0. The summed E-state index contributed by atoms with van der Waals surface area (Å²) in [6.07, 6.45) is 6.42. The SMILES string of the molecule is Cc1cc(-n2c(C)cc(C(=O)COC(=O)C[C@@H]3C=CCC3)c2C)no1. The second-order valence-electron chi connectivity index (χ2n) is 6.47. The van der Waals surface area contributed by atoms with Crippen molar-refractivity contribution >= 4 is 11.8 Å². The van der Waals surface area contributed by atoms with Crippen LogP contribution in [-0.2, 0) is 9.53 Å². The molecule has 0 saturated heterocycles. The third-order valence-corrected chi connectivity index (χ3v) is 4.48. The molecule has 0 bridgehead atoms. The molecule has 132 valence electrons. The monoisotopic (exact) mass is 342 g/mol. The summed E-state index contributed by atoms with van der Waals surface area (Å²) >= 11 is 0. The average molecular weight is 342 g/mol. The van der Waals surface area contributed by atoms with Crippen molar-refractivity contribution < 1.29 is 18.8 Å². The summed E-state index contributed by atoms with van der Waals surface area (Å²) in [7, 11) is 0. The Morgan fingerprint density at radius 2 is 2.12 bits per heavy atom. The first kappa shape index (κ1) is 17.2. The van der Waals surface area contributed by atoms with Crippen molar-refractivity contribution in [1.29, 1.82) is 0 Å². The summed E-state index contributed by atoms with van der Waals surface area (Å²) < 4.78 is 12.1. The van der Waals surface area contributed by atoms with Crippen LogP contribution in [0.3, 0.4) is 0 Å². The number of nitrogens with zero attached hydrogens (tertiary/aromatic N) is 2. The fourth-order valence-corrected chi connectivity index (χ4v) is 3.22. The van der Waals surface area contributed by atoms with Gasteiger partial charge in [-0.1, -0.05) is 17.3 Å². The Morgan fingerprint density at radius 3 is 2.76 bits per heavy atom. The largest absolute Gasteiger partial charge is 0.457 e. The molecule has 0 aliphatic heterocycles. The van der Waals surface area contributed by atoms with Crippen LogP contribution in [0.4, 0.5) is 0 Å². The Kier molecular flexibility index (Phi) is 4.88. The molecule has 0 radical (unpaired) electrons. The molecule has 3 rings (SSSR count). The fraction of sp³-hybridized carbons (Fsp3) is 0.421. The van der Waals surface area contributed by atoms with Crippen LogP contribution in [0.15, 0.2) is 28.8 Å². The number of esters is 1. The molecule has 2 heterocycles. The lowest BCUT2D eigenvalue weighted by Crippen LogP contribution is -2.16. The van der Waals surface area contributed by atoms with Gasteiger partial charge in [0.2, 0.25) is 5.78 Å². The lowest BCUT2D eigenvalue weighted by Gasteiger charge is -2.08. The lowest BCUT2D eigenvalue weighted by molar-refractivity contribution is -0.143.